The number of hydrogen-bond donors (Lipinski definition) is 0. The number of carbonyl (C=O) groups excluding carboxylic acids is 1. The highest BCUT2D eigenvalue weighted by molar-refractivity contribution is 9.10. The van der Waals surface area contributed by atoms with E-state index in [0.29, 0.717) is 18.1 Å². The standard InChI is InChI=1S/C14H19BrO2S/c1-10(2)8-18-9-12(16)6-11-4-5-14(17-3)13(15)7-11/h4-5,7,10H,6,8-9H2,1-3H3. The fourth-order valence-corrected chi connectivity index (χ4v) is 3.01. The van der Waals surface area contributed by atoms with Gasteiger partial charge in [-0.2, -0.15) is 11.8 Å². The van der Waals surface area contributed by atoms with Gasteiger partial charge < -0.3 is 4.74 Å². The molecule has 2 nitrogen and oxygen atoms in total. The normalized spacial score (nSPS) is 10.7. The van der Waals surface area contributed by atoms with E-state index in [1.165, 1.54) is 0 Å². The Labute approximate surface area is 122 Å². The first-order chi connectivity index (χ1) is 8.52. The van der Waals surface area contributed by atoms with Gasteiger partial charge in [-0.15, -0.1) is 0 Å². The summed E-state index contributed by atoms with van der Waals surface area (Å²) in [5.74, 6) is 3.34. The third-order valence-electron chi connectivity index (χ3n) is 2.33. The molecular weight excluding hydrogens is 312 g/mol. The third-order valence-corrected chi connectivity index (χ3v) is 4.38. The first kappa shape index (κ1) is 15.6. The van der Waals surface area contributed by atoms with Gasteiger partial charge in [-0.05, 0) is 45.3 Å². The van der Waals surface area contributed by atoms with Crippen LogP contribution in [-0.2, 0) is 11.2 Å². The third kappa shape index (κ3) is 5.44. The lowest BCUT2D eigenvalue weighted by Crippen LogP contribution is -2.07. The second-order valence-corrected chi connectivity index (χ2v) is 6.48. The van der Waals surface area contributed by atoms with Crippen LogP contribution >= 0.6 is 27.7 Å². The summed E-state index contributed by atoms with van der Waals surface area (Å²) in [6.45, 7) is 4.33. The highest BCUT2D eigenvalue weighted by Gasteiger charge is 2.07. The molecule has 1 aromatic carbocycles. The van der Waals surface area contributed by atoms with Gasteiger partial charge in [-0.3, -0.25) is 4.79 Å². The summed E-state index contributed by atoms with van der Waals surface area (Å²) in [6, 6.07) is 5.77. The van der Waals surface area contributed by atoms with Gasteiger partial charge in [-0.25, -0.2) is 0 Å². The SMILES string of the molecule is COc1ccc(CC(=O)CSCC(C)C)cc1Br. The number of methoxy groups -OCH3 is 1. The molecule has 18 heavy (non-hydrogen) atoms. The molecule has 0 saturated carbocycles. The molecule has 0 bridgehead atoms. The molecule has 0 spiro atoms. The van der Waals surface area contributed by atoms with Crippen LogP contribution < -0.4 is 4.74 Å². The van der Waals surface area contributed by atoms with Crippen LogP contribution in [0.1, 0.15) is 19.4 Å². The molecule has 0 fully saturated rings. The molecule has 1 rings (SSSR count). The van der Waals surface area contributed by atoms with E-state index in [-0.39, 0.29) is 5.78 Å². The van der Waals surface area contributed by atoms with E-state index in [4.69, 9.17) is 4.74 Å². The predicted octanol–water partition coefficient (Wildman–Crippen LogP) is 3.96. The van der Waals surface area contributed by atoms with Crippen molar-refractivity contribution < 1.29 is 9.53 Å². The predicted molar refractivity (Wildman–Crippen MR) is 81.6 cm³/mol. The van der Waals surface area contributed by atoms with Crippen LogP contribution in [0, 0.1) is 5.92 Å². The Kier molecular flexibility index (Phi) is 6.79. The van der Waals surface area contributed by atoms with Crippen molar-refractivity contribution in [2.75, 3.05) is 18.6 Å². The summed E-state index contributed by atoms with van der Waals surface area (Å²) in [4.78, 5) is 11.8. The average Bonchev–Trinajstić information content (AvgIpc) is 2.28. The monoisotopic (exact) mass is 330 g/mol. The van der Waals surface area contributed by atoms with E-state index in [1.54, 1.807) is 18.9 Å². The summed E-state index contributed by atoms with van der Waals surface area (Å²) < 4.78 is 6.05. The van der Waals surface area contributed by atoms with Crippen LogP contribution in [0.2, 0.25) is 0 Å². The maximum absolute atomic E-state index is 11.8. The largest absolute Gasteiger partial charge is 0.496 e. The van der Waals surface area contributed by atoms with Gasteiger partial charge in [-0.1, -0.05) is 19.9 Å². The molecule has 0 aliphatic rings. The zero-order valence-electron chi connectivity index (χ0n) is 11.0. The highest BCUT2D eigenvalue weighted by Crippen LogP contribution is 2.25. The molecule has 0 saturated heterocycles. The van der Waals surface area contributed by atoms with Crippen molar-refractivity contribution in [3.63, 3.8) is 0 Å². The molecule has 0 unspecified atom stereocenters. The molecular formula is C14H19BrO2S. The van der Waals surface area contributed by atoms with Gasteiger partial charge in [0.1, 0.15) is 11.5 Å². The van der Waals surface area contributed by atoms with Gasteiger partial charge in [0.2, 0.25) is 0 Å². The fraction of sp³-hybridized carbons (Fsp3) is 0.500. The first-order valence-corrected chi connectivity index (χ1v) is 7.89. The van der Waals surface area contributed by atoms with Crippen LogP contribution in [0.25, 0.3) is 0 Å². The quantitative estimate of drug-likeness (QED) is 0.756. The van der Waals surface area contributed by atoms with Crippen molar-refractivity contribution in [2.24, 2.45) is 5.92 Å². The van der Waals surface area contributed by atoms with Crippen molar-refractivity contribution in [1.29, 1.82) is 0 Å². The molecule has 0 N–H and O–H groups in total. The van der Waals surface area contributed by atoms with Crippen molar-refractivity contribution >= 4 is 33.5 Å². The van der Waals surface area contributed by atoms with Crippen molar-refractivity contribution in [3.8, 4) is 5.75 Å². The van der Waals surface area contributed by atoms with Crippen molar-refractivity contribution in [1.82, 2.24) is 0 Å². The van der Waals surface area contributed by atoms with Crippen LogP contribution in [0.4, 0.5) is 0 Å². The van der Waals surface area contributed by atoms with Gasteiger partial charge in [0.15, 0.2) is 0 Å². The minimum absolute atomic E-state index is 0.276. The Balaban J connectivity index is 2.47. The van der Waals surface area contributed by atoms with Crippen molar-refractivity contribution in [2.45, 2.75) is 20.3 Å². The average molecular weight is 331 g/mol. The topological polar surface area (TPSA) is 26.3 Å². The van der Waals surface area contributed by atoms with Gasteiger partial charge in [0.25, 0.3) is 0 Å². The Hall–Kier alpha value is -0.480. The van der Waals surface area contributed by atoms with Gasteiger partial charge in [0.05, 0.1) is 17.3 Å². The first-order valence-electron chi connectivity index (χ1n) is 5.94. The summed E-state index contributed by atoms with van der Waals surface area (Å²) in [6.07, 6.45) is 0.494. The Morgan fingerprint density at radius 3 is 2.72 bits per heavy atom. The van der Waals surface area contributed by atoms with E-state index < -0.39 is 0 Å². The summed E-state index contributed by atoms with van der Waals surface area (Å²) in [7, 11) is 1.63. The summed E-state index contributed by atoms with van der Waals surface area (Å²) in [5.41, 5.74) is 1.03. The highest BCUT2D eigenvalue weighted by atomic mass is 79.9. The zero-order valence-corrected chi connectivity index (χ0v) is 13.4. The Morgan fingerprint density at radius 1 is 1.44 bits per heavy atom. The fourth-order valence-electron chi connectivity index (χ4n) is 1.51. The molecule has 1 aromatic rings. The second kappa shape index (κ2) is 7.85. The Bertz CT molecular complexity index is 405. The number of ether oxygens (including phenoxy) is 1. The van der Waals surface area contributed by atoms with E-state index in [9.17, 15) is 4.79 Å². The molecule has 0 radical (unpaired) electrons. The number of ketones is 1. The zero-order chi connectivity index (χ0) is 13.5. The summed E-state index contributed by atoms with van der Waals surface area (Å²) >= 11 is 5.14. The van der Waals surface area contributed by atoms with E-state index >= 15 is 0 Å². The van der Waals surface area contributed by atoms with Gasteiger partial charge in [0, 0.05) is 6.42 Å². The van der Waals surface area contributed by atoms with Crippen molar-refractivity contribution in [3.05, 3.63) is 28.2 Å². The lowest BCUT2D eigenvalue weighted by molar-refractivity contribution is -0.116. The number of benzene rings is 1. The summed E-state index contributed by atoms with van der Waals surface area (Å²) in [5, 5.41) is 0. The molecule has 0 atom stereocenters. The smallest absolute Gasteiger partial charge is 0.147 e. The number of thioether (sulfide) groups is 1. The maximum atomic E-state index is 11.8. The number of hydrogen-bond acceptors (Lipinski definition) is 3. The molecule has 0 heterocycles. The van der Waals surface area contributed by atoms with Crippen LogP contribution in [-0.4, -0.2) is 24.4 Å². The van der Waals surface area contributed by atoms with Crippen LogP contribution in [0.3, 0.4) is 0 Å². The van der Waals surface area contributed by atoms with E-state index in [2.05, 4.69) is 29.8 Å². The molecule has 0 aliphatic carbocycles. The molecule has 4 heteroatoms. The number of Topliss-reactive ketones (excluding diaryl/α,β-unsaturated/α-hetero) is 1. The lowest BCUT2D eigenvalue weighted by atomic mass is 10.1. The van der Waals surface area contributed by atoms with E-state index in [0.717, 1.165) is 21.5 Å². The number of halogens is 1. The molecule has 0 amide bonds. The number of carbonyl (C=O) groups is 1. The minimum Gasteiger partial charge on any atom is -0.496 e. The second-order valence-electron chi connectivity index (χ2n) is 4.59. The lowest BCUT2D eigenvalue weighted by Gasteiger charge is -2.07. The van der Waals surface area contributed by atoms with Gasteiger partial charge >= 0.3 is 0 Å². The maximum Gasteiger partial charge on any atom is 0.147 e. The molecule has 0 aliphatic heterocycles. The Morgan fingerprint density at radius 2 is 2.17 bits per heavy atom. The van der Waals surface area contributed by atoms with Crippen LogP contribution in [0.15, 0.2) is 22.7 Å². The van der Waals surface area contributed by atoms with E-state index in [1.807, 2.05) is 18.2 Å². The number of rotatable bonds is 7. The van der Waals surface area contributed by atoms with Crippen LogP contribution in [0.5, 0.6) is 5.75 Å². The molecule has 0 aromatic heterocycles. The minimum atomic E-state index is 0.276. The molecule has 100 valence electrons.